The molecule has 0 atom stereocenters. The van der Waals surface area contributed by atoms with Gasteiger partial charge in [-0.2, -0.15) is 4.98 Å². The van der Waals surface area contributed by atoms with Gasteiger partial charge in [0, 0.05) is 18.6 Å². The molecule has 0 spiro atoms. The van der Waals surface area contributed by atoms with E-state index in [-0.39, 0.29) is 18.1 Å². The number of nitrogens with zero attached hydrogens (tertiary/aromatic N) is 2. The minimum atomic E-state index is -4.02. The predicted octanol–water partition coefficient (Wildman–Crippen LogP) is 0.751. The van der Waals surface area contributed by atoms with E-state index < -0.39 is 31.2 Å². The highest BCUT2D eigenvalue weighted by Crippen LogP contribution is 2.25. The summed E-state index contributed by atoms with van der Waals surface area (Å²) in [6.07, 6.45) is -0.224. The van der Waals surface area contributed by atoms with Gasteiger partial charge in [0.05, 0.1) is 17.8 Å². The fourth-order valence-electron chi connectivity index (χ4n) is 1.27. The number of ketones is 1. The van der Waals surface area contributed by atoms with Crippen molar-refractivity contribution in [3.8, 4) is 5.88 Å². The summed E-state index contributed by atoms with van der Waals surface area (Å²) in [5, 5.41) is 10.1. The van der Waals surface area contributed by atoms with E-state index in [2.05, 4.69) is 4.98 Å². The van der Waals surface area contributed by atoms with Gasteiger partial charge in [-0.25, -0.2) is 8.42 Å². The first-order valence-corrected chi connectivity index (χ1v) is 6.85. The van der Waals surface area contributed by atoms with E-state index >= 15 is 0 Å². The molecule has 1 aromatic rings. The lowest BCUT2D eigenvalue weighted by atomic mass is 10.4. The van der Waals surface area contributed by atoms with Gasteiger partial charge in [0.1, 0.15) is 5.78 Å². The van der Waals surface area contributed by atoms with Gasteiger partial charge in [0.15, 0.2) is 0 Å². The lowest BCUT2D eigenvalue weighted by molar-refractivity contribution is -0.388. The maximum Gasteiger partial charge on any atom is 0.306 e. The summed E-state index contributed by atoms with van der Waals surface area (Å²) in [6.45, 7) is 1.24. The molecule has 0 aliphatic rings. The van der Waals surface area contributed by atoms with Gasteiger partial charge in [-0.05, 0) is 6.92 Å². The van der Waals surface area contributed by atoms with Gasteiger partial charge in [-0.3, -0.25) is 14.9 Å². The Morgan fingerprint density at radius 2 is 2.11 bits per heavy atom. The molecule has 0 amide bonds. The molecular weight excluding hydrogens is 276 g/mol. The largest absolute Gasteiger partial charge is 0.481 e. The van der Waals surface area contributed by atoms with Crippen LogP contribution in [-0.2, 0) is 14.6 Å². The van der Waals surface area contributed by atoms with Gasteiger partial charge in [0.2, 0.25) is 20.7 Å². The van der Waals surface area contributed by atoms with Crippen LogP contribution in [0.3, 0.4) is 0 Å². The second-order valence-corrected chi connectivity index (χ2v) is 5.73. The number of ether oxygens (including phenoxy) is 1. The third-order valence-electron chi connectivity index (χ3n) is 2.24. The third kappa shape index (κ3) is 3.71. The Labute approximate surface area is 109 Å². The van der Waals surface area contributed by atoms with Gasteiger partial charge in [-0.1, -0.05) is 0 Å². The lowest BCUT2D eigenvalue weighted by Gasteiger charge is -2.05. The molecule has 1 aromatic heterocycles. The zero-order valence-electron chi connectivity index (χ0n) is 10.3. The highest BCUT2D eigenvalue weighted by molar-refractivity contribution is 7.91. The second-order valence-electron chi connectivity index (χ2n) is 3.71. The number of carbonyl (C=O) groups excluding carboxylic acids is 1. The van der Waals surface area contributed by atoms with Crippen LogP contribution in [0.1, 0.15) is 13.3 Å². The van der Waals surface area contributed by atoms with Gasteiger partial charge >= 0.3 is 5.69 Å². The number of pyridine rings is 1. The summed E-state index contributed by atoms with van der Waals surface area (Å²) in [5.41, 5.74) is -0.635. The first-order valence-electron chi connectivity index (χ1n) is 5.19. The molecule has 0 fully saturated rings. The standard InChI is InChI=1S/C10H12N2O6S/c1-7(13)5-6-19(16,17)10-8(12(14)15)3-4-9(11-10)18-2/h3-4H,5-6H2,1-2H3. The van der Waals surface area contributed by atoms with E-state index in [0.717, 1.165) is 6.07 Å². The van der Waals surface area contributed by atoms with Gasteiger partial charge in [0.25, 0.3) is 0 Å². The number of methoxy groups -OCH3 is 1. The van der Waals surface area contributed by atoms with Crippen LogP contribution in [0.2, 0.25) is 0 Å². The summed E-state index contributed by atoms with van der Waals surface area (Å²) in [5.74, 6) is -0.898. The van der Waals surface area contributed by atoms with Crippen LogP contribution in [0.4, 0.5) is 5.69 Å². The molecule has 0 bridgehead atoms. The zero-order chi connectivity index (χ0) is 14.6. The first kappa shape index (κ1) is 15.0. The first-order chi connectivity index (χ1) is 8.77. The molecule has 0 aromatic carbocycles. The molecule has 0 unspecified atom stereocenters. The van der Waals surface area contributed by atoms with E-state index in [0.29, 0.717) is 0 Å². The minimum Gasteiger partial charge on any atom is -0.481 e. The summed E-state index contributed by atoms with van der Waals surface area (Å²) in [7, 11) is -2.75. The van der Waals surface area contributed by atoms with Crippen molar-refractivity contribution < 1.29 is 22.9 Å². The number of nitro groups is 1. The van der Waals surface area contributed by atoms with Crippen molar-refractivity contribution in [2.45, 2.75) is 18.4 Å². The molecule has 0 radical (unpaired) electrons. The number of carbonyl (C=O) groups is 1. The van der Waals surface area contributed by atoms with Crippen molar-refractivity contribution >= 4 is 21.3 Å². The van der Waals surface area contributed by atoms with E-state index in [1.165, 1.54) is 20.1 Å². The maximum absolute atomic E-state index is 12.0. The molecule has 104 valence electrons. The molecule has 0 aliphatic carbocycles. The Morgan fingerprint density at radius 1 is 1.47 bits per heavy atom. The molecule has 1 rings (SSSR count). The van der Waals surface area contributed by atoms with Crippen LogP contribution in [0.15, 0.2) is 17.2 Å². The normalized spacial score (nSPS) is 11.1. The smallest absolute Gasteiger partial charge is 0.306 e. The lowest BCUT2D eigenvalue weighted by Crippen LogP contribution is -2.14. The minimum absolute atomic E-state index is 0.0491. The Kier molecular flexibility index (Phi) is 4.54. The Bertz CT molecular complexity index is 610. The molecule has 0 aliphatic heterocycles. The van der Waals surface area contributed by atoms with Crippen molar-refractivity contribution in [3.63, 3.8) is 0 Å². The van der Waals surface area contributed by atoms with Crippen molar-refractivity contribution in [1.82, 2.24) is 4.98 Å². The molecular formula is C10H12N2O6S. The van der Waals surface area contributed by atoms with E-state index in [9.17, 15) is 23.3 Å². The number of aromatic nitrogens is 1. The number of rotatable bonds is 6. The molecule has 19 heavy (non-hydrogen) atoms. The molecule has 0 saturated carbocycles. The molecule has 8 nitrogen and oxygen atoms in total. The van der Waals surface area contributed by atoms with Gasteiger partial charge in [-0.15, -0.1) is 0 Å². The van der Waals surface area contributed by atoms with Crippen LogP contribution in [0, 0.1) is 10.1 Å². The maximum atomic E-state index is 12.0. The fraction of sp³-hybridized carbons (Fsp3) is 0.400. The molecule has 0 saturated heterocycles. The average Bonchev–Trinajstić information content (AvgIpc) is 2.35. The molecule has 0 N–H and O–H groups in total. The molecule has 1 heterocycles. The number of hydrogen-bond acceptors (Lipinski definition) is 7. The average molecular weight is 288 g/mol. The fourth-order valence-corrected chi connectivity index (χ4v) is 2.71. The second kappa shape index (κ2) is 5.74. The van der Waals surface area contributed by atoms with Crippen LogP contribution < -0.4 is 4.74 Å². The van der Waals surface area contributed by atoms with Crippen LogP contribution in [-0.4, -0.2) is 37.0 Å². The van der Waals surface area contributed by atoms with Crippen molar-refractivity contribution in [1.29, 1.82) is 0 Å². The van der Waals surface area contributed by atoms with Crippen LogP contribution in [0.5, 0.6) is 5.88 Å². The summed E-state index contributed by atoms with van der Waals surface area (Å²) >= 11 is 0. The Hall–Kier alpha value is -2.03. The van der Waals surface area contributed by atoms with Crippen molar-refractivity contribution in [3.05, 3.63) is 22.2 Å². The third-order valence-corrected chi connectivity index (χ3v) is 3.87. The SMILES string of the molecule is COc1ccc([N+](=O)[O-])c(S(=O)(=O)CCC(C)=O)n1. The number of sulfone groups is 1. The van der Waals surface area contributed by atoms with Crippen LogP contribution in [0.25, 0.3) is 0 Å². The van der Waals surface area contributed by atoms with Crippen molar-refractivity contribution in [2.24, 2.45) is 0 Å². The number of Topliss-reactive ketones (excluding diaryl/α,β-unsaturated/α-hetero) is 1. The Balaban J connectivity index is 3.29. The van der Waals surface area contributed by atoms with E-state index in [1.807, 2.05) is 0 Å². The molecule has 9 heteroatoms. The topological polar surface area (TPSA) is 116 Å². The summed E-state index contributed by atoms with van der Waals surface area (Å²) in [4.78, 5) is 24.4. The highest BCUT2D eigenvalue weighted by atomic mass is 32.2. The zero-order valence-corrected chi connectivity index (χ0v) is 11.1. The van der Waals surface area contributed by atoms with E-state index in [4.69, 9.17) is 4.74 Å². The monoisotopic (exact) mass is 288 g/mol. The highest BCUT2D eigenvalue weighted by Gasteiger charge is 2.28. The quantitative estimate of drug-likeness (QED) is 0.560. The number of hydrogen-bond donors (Lipinski definition) is 0. The van der Waals surface area contributed by atoms with E-state index in [1.54, 1.807) is 0 Å². The van der Waals surface area contributed by atoms with Crippen molar-refractivity contribution in [2.75, 3.05) is 12.9 Å². The van der Waals surface area contributed by atoms with Gasteiger partial charge < -0.3 is 4.74 Å². The predicted molar refractivity (Wildman–Crippen MR) is 64.8 cm³/mol. The van der Waals surface area contributed by atoms with Crippen LogP contribution >= 0.6 is 0 Å². The summed E-state index contributed by atoms with van der Waals surface area (Å²) < 4.78 is 28.7. The Morgan fingerprint density at radius 3 is 2.58 bits per heavy atom. The summed E-state index contributed by atoms with van der Waals surface area (Å²) in [6, 6.07) is 2.20.